The van der Waals surface area contributed by atoms with Crippen LogP contribution < -0.4 is 11.3 Å². The molecule has 0 unspecified atom stereocenters. The lowest BCUT2D eigenvalue weighted by Crippen LogP contribution is -2.10. The maximum atomic E-state index is 13.5. The quantitative estimate of drug-likeness (QED) is 0.132. The number of hydrogen-bond acceptors (Lipinski definition) is 7. The van der Waals surface area contributed by atoms with Gasteiger partial charge in [0.1, 0.15) is 28.2 Å². The fourth-order valence-electron chi connectivity index (χ4n) is 7.59. The van der Waals surface area contributed by atoms with Crippen LogP contribution in [-0.4, -0.2) is 9.97 Å². The fraction of sp³-hybridized carbons (Fsp3) is 0.0833. The predicted octanol–water partition coefficient (Wildman–Crippen LogP) is 11.7. The summed E-state index contributed by atoms with van der Waals surface area (Å²) in [7, 11) is 0. The highest BCUT2D eigenvalue weighted by Crippen LogP contribution is 2.37. The van der Waals surface area contributed by atoms with Gasteiger partial charge in [0, 0.05) is 39.7 Å². The third-order valence-corrected chi connectivity index (χ3v) is 10.4. The zero-order valence-corrected chi connectivity index (χ0v) is 30.2. The molecule has 0 aliphatic rings. The molecule has 0 radical (unpaired) electrons. The molecule has 0 saturated heterocycles. The highest BCUT2D eigenvalue weighted by Gasteiger charge is 2.19. The van der Waals surface area contributed by atoms with Crippen LogP contribution >= 0.6 is 0 Å². The summed E-state index contributed by atoms with van der Waals surface area (Å²) in [6.45, 7) is 6.57. The van der Waals surface area contributed by atoms with Crippen LogP contribution in [0.15, 0.2) is 163 Å². The van der Waals surface area contributed by atoms with Crippen molar-refractivity contribution >= 4 is 54.3 Å². The number of aromatic nitrogens is 2. The van der Waals surface area contributed by atoms with Crippen LogP contribution in [0.5, 0.6) is 0 Å². The van der Waals surface area contributed by atoms with Crippen molar-refractivity contribution in [3.05, 3.63) is 166 Å². The van der Waals surface area contributed by atoms with Gasteiger partial charge in [-0.15, -0.1) is 0 Å². The highest BCUT2D eigenvalue weighted by atomic mass is 16.4. The van der Waals surface area contributed by atoms with Gasteiger partial charge in [0.05, 0.1) is 17.0 Å². The lowest BCUT2D eigenvalue weighted by molar-refractivity contribution is 0.554. The first-order chi connectivity index (χ1) is 26.7. The van der Waals surface area contributed by atoms with Crippen molar-refractivity contribution in [3.63, 3.8) is 0 Å². The van der Waals surface area contributed by atoms with Crippen molar-refractivity contribution in [2.75, 3.05) is 0 Å². The Morgan fingerprint density at radius 3 is 1.96 bits per heavy atom. The molecule has 0 atom stereocenters. The van der Waals surface area contributed by atoms with E-state index in [1.807, 2.05) is 97.1 Å². The van der Waals surface area contributed by atoms with Gasteiger partial charge in [0.2, 0.25) is 0 Å². The molecule has 10 rings (SSSR count). The van der Waals surface area contributed by atoms with E-state index < -0.39 is 11.3 Å². The maximum absolute atomic E-state index is 13.5. The number of rotatable bonds is 4. The number of benzene rings is 5. The summed E-state index contributed by atoms with van der Waals surface area (Å²) in [6.07, 6.45) is 3.42. The first kappa shape index (κ1) is 32.5. The number of furan rings is 1. The van der Waals surface area contributed by atoms with E-state index in [4.69, 9.17) is 18.2 Å². The van der Waals surface area contributed by atoms with Crippen LogP contribution in [0.4, 0.5) is 0 Å². The molecule has 0 fully saturated rings. The minimum atomic E-state index is -0.484. The molecule has 0 amide bonds. The molecule has 10 aromatic rings. The Morgan fingerprint density at radius 1 is 0.491 bits per heavy atom. The molecule has 0 spiro atoms. The Morgan fingerprint density at radius 2 is 1.16 bits per heavy atom. The number of pyridine rings is 2. The van der Waals surface area contributed by atoms with Crippen LogP contribution in [0.3, 0.4) is 0 Å². The summed E-state index contributed by atoms with van der Waals surface area (Å²) in [5, 5.41) is 7.74. The van der Waals surface area contributed by atoms with Crippen LogP contribution in [0.2, 0.25) is 0 Å². The number of hydrogen-bond donors (Lipinski definition) is 0. The molecular formula is C48H32N2O5. The third kappa shape index (κ3) is 5.43. The normalized spacial score (nSPS) is 12.1. The van der Waals surface area contributed by atoms with E-state index in [0.29, 0.717) is 50.8 Å². The molecule has 7 nitrogen and oxygen atoms in total. The summed E-state index contributed by atoms with van der Waals surface area (Å²) in [6, 6.07) is 41.1. The highest BCUT2D eigenvalue weighted by molar-refractivity contribution is 6.23. The largest absolute Gasteiger partial charge is 0.456 e. The molecule has 5 aromatic carbocycles. The Bertz CT molecular complexity index is 3310. The molecule has 5 aromatic heterocycles. The van der Waals surface area contributed by atoms with Crippen molar-refractivity contribution in [2.24, 2.45) is 0 Å². The summed E-state index contributed by atoms with van der Waals surface area (Å²) in [4.78, 5) is 36.2. The molecular weight excluding hydrogens is 685 g/mol. The van der Waals surface area contributed by atoms with Crippen LogP contribution in [-0.2, 0) is 5.41 Å². The lowest BCUT2D eigenvalue weighted by Gasteiger charge is -2.19. The zero-order chi connectivity index (χ0) is 37.4. The summed E-state index contributed by atoms with van der Waals surface area (Å²) < 4.78 is 18.2. The summed E-state index contributed by atoms with van der Waals surface area (Å²) in [5.74, 6) is 0.915. The fourth-order valence-corrected chi connectivity index (χ4v) is 7.59. The van der Waals surface area contributed by atoms with Gasteiger partial charge in [-0.3, -0.25) is 4.98 Å². The van der Waals surface area contributed by atoms with E-state index in [-0.39, 0.29) is 5.41 Å². The topological polar surface area (TPSA) is 99.3 Å². The van der Waals surface area contributed by atoms with Gasteiger partial charge in [0.15, 0.2) is 0 Å². The third-order valence-electron chi connectivity index (χ3n) is 10.4. The van der Waals surface area contributed by atoms with E-state index in [1.165, 1.54) is 5.56 Å². The van der Waals surface area contributed by atoms with Gasteiger partial charge < -0.3 is 13.3 Å². The van der Waals surface area contributed by atoms with Gasteiger partial charge in [-0.25, -0.2) is 14.6 Å². The van der Waals surface area contributed by atoms with Crippen molar-refractivity contribution in [1.82, 2.24) is 9.97 Å². The molecule has 0 saturated carbocycles. The summed E-state index contributed by atoms with van der Waals surface area (Å²) in [5.41, 5.74) is 4.61. The van der Waals surface area contributed by atoms with Gasteiger partial charge >= 0.3 is 11.3 Å². The second kappa shape index (κ2) is 12.2. The van der Waals surface area contributed by atoms with Crippen molar-refractivity contribution in [2.45, 2.75) is 26.2 Å². The van der Waals surface area contributed by atoms with E-state index in [1.54, 1.807) is 18.5 Å². The molecule has 5 heterocycles. The Hall–Kier alpha value is -7.12. The van der Waals surface area contributed by atoms with Crippen LogP contribution in [0.1, 0.15) is 26.3 Å². The monoisotopic (exact) mass is 716 g/mol. The van der Waals surface area contributed by atoms with Crippen molar-refractivity contribution in [1.29, 1.82) is 0 Å². The first-order valence-electron chi connectivity index (χ1n) is 18.1. The van der Waals surface area contributed by atoms with Gasteiger partial charge in [0.25, 0.3) is 0 Å². The first-order valence-corrected chi connectivity index (χ1v) is 18.1. The summed E-state index contributed by atoms with van der Waals surface area (Å²) >= 11 is 0. The molecule has 264 valence electrons. The van der Waals surface area contributed by atoms with E-state index in [2.05, 4.69) is 50.0 Å². The van der Waals surface area contributed by atoms with Gasteiger partial charge in [-0.2, -0.15) is 0 Å². The minimum Gasteiger partial charge on any atom is -0.456 e. The van der Waals surface area contributed by atoms with E-state index in [0.717, 1.165) is 48.7 Å². The van der Waals surface area contributed by atoms with E-state index >= 15 is 0 Å². The van der Waals surface area contributed by atoms with Gasteiger partial charge in [-0.1, -0.05) is 99.6 Å². The minimum absolute atomic E-state index is 0.00693. The Kier molecular flexibility index (Phi) is 7.22. The molecule has 0 N–H and O–H groups in total. The predicted molar refractivity (Wildman–Crippen MR) is 219 cm³/mol. The molecule has 0 aliphatic heterocycles. The second-order valence-corrected chi connectivity index (χ2v) is 14.9. The average molecular weight is 717 g/mol. The molecule has 0 bridgehead atoms. The molecule has 7 heteroatoms. The van der Waals surface area contributed by atoms with E-state index in [9.17, 15) is 9.59 Å². The SMILES string of the molecule is CC(C)(C)c1ccc2c(ccc3oc(=O)c(-c4cccc(-c5cncc(-c6ccc(-c7cc8c9ccccc9c9ccccc9c8oc7=O)o6)c5)n4)cc32)c1. The number of nitrogens with zero attached hydrogens (tertiary/aromatic N) is 2. The zero-order valence-electron chi connectivity index (χ0n) is 30.2. The Labute approximate surface area is 314 Å². The van der Waals surface area contributed by atoms with Crippen LogP contribution in [0, 0.1) is 0 Å². The maximum Gasteiger partial charge on any atom is 0.347 e. The van der Waals surface area contributed by atoms with Crippen LogP contribution in [0.25, 0.3) is 99.4 Å². The molecule has 0 aliphatic carbocycles. The number of fused-ring (bicyclic) bond motifs is 9. The smallest absolute Gasteiger partial charge is 0.347 e. The molecule has 55 heavy (non-hydrogen) atoms. The van der Waals surface area contributed by atoms with Gasteiger partial charge in [-0.05, 0) is 86.4 Å². The standard InChI is InChI=1S/C48H32N2O5/c1-48(2,3)30-16-17-31-27(22-30)15-18-43-36(31)23-38(46(51)54-43)41-14-8-13-40(50-41)28-21-29(26-49-25-28)42-19-20-44(53-42)39-24-37-34-11-5-4-9-32(34)33-10-6-7-12-35(33)45(37)55-47(39)52/h4-26H,1-3H3. The average Bonchev–Trinajstić information content (AvgIpc) is 3.70. The second-order valence-electron chi connectivity index (χ2n) is 14.9. The Balaban J connectivity index is 1.01. The van der Waals surface area contributed by atoms with Crippen molar-refractivity contribution in [3.8, 4) is 45.2 Å². The lowest BCUT2D eigenvalue weighted by atomic mass is 9.85. The van der Waals surface area contributed by atoms with Crippen molar-refractivity contribution < 1.29 is 13.3 Å².